The third kappa shape index (κ3) is 15.5. The van der Waals surface area contributed by atoms with Crippen LogP contribution in [0.15, 0.2) is 46.6 Å². The second-order valence-corrected chi connectivity index (χ2v) is 7.29. The Bertz CT molecular complexity index is 482. The van der Waals surface area contributed by atoms with Crippen LogP contribution in [0.3, 0.4) is 0 Å². The molecule has 0 radical (unpaired) electrons. The van der Waals surface area contributed by atoms with Gasteiger partial charge >= 0.3 is 0 Å². The molecule has 0 aliphatic rings. The molecule has 0 saturated carbocycles. The first-order chi connectivity index (χ1) is 11.3. The molecule has 0 heterocycles. The van der Waals surface area contributed by atoms with E-state index in [9.17, 15) is 4.79 Å². The highest BCUT2D eigenvalue weighted by Gasteiger charge is 1.94. The van der Waals surface area contributed by atoms with Gasteiger partial charge in [-0.2, -0.15) is 0 Å². The van der Waals surface area contributed by atoms with E-state index < -0.39 is 0 Å². The van der Waals surface area contributed by atoms with Crippen LogP contribution in [0.2, 0.25) is 0 Å². The molecular formula is C23H38O. The van der Waals surface area contributed by atoms with Gasteiger partial charge in [0.15, 0.2) is 0 Å². The van der Waals surface area contributed by atoms with Crippen molar-refractivity contribution in [2.45, 2.75) is 92.9 Å². The molecule has 0 bridgehead atoms. The van der Waals surface area contributed by atoms with Gasteiger partial charge in [-0.15, -0.1) is 0 Å². The van der Waals surface area contributed by atoms with Crippen LogP contribution < -0.4 is 0 Å². The monoisotopic (exact) mass is 330 g/mol. The van der Waals surface area contributed by atoms with Crippen molar-refractivity contribution >= 4 is 5.78 Å². The van der Waals surface area contributed by atoms with Crippen molar-refractivity contribution in [3.05, 3.63) is 46.6 Å². The van der Waals surface area contributed by atoms with E-state index in [1.807, 2.05) is 0 Å². The second kappa shape index (κ2) is 14.0. The largest absolute Gasteiger partial charge is 0.300 e. The average Bonchev–Trinajstić information content (AvgIpc) is 2.46. The summed E-state index contributed by atoms with van der Waals surface area (Å²) in [5, 5.41) is 0. The van der Waals surface area contributed by atoms with Crippen molar-refractivity contribution in [1.82, 2.24) is 0 Å². The number of ketones is 1. The van der Waals surface area contributed by atoms with Crippen molar-refractivity contribution in [3.63, 3.8) is 0 Å². The van der Waals surface area contributed by atoms with Gasteiger partial charge in [-0.1, -0.05) is 46.6 Å². The molecule has 0 aromatic carbocycles. The van der Waals surface area contributed by atoms with E-state index in [2.05, 4.69) is 58.9 Å². The Morgan fingerprint density at radius 3 is 1.21 bits per heavy atom. The minimum absolute atomic E-state index is 0.277. The summed E-state index contributed by atoms with van der Waals surface area (Å²) in [6.45, 7) is 12.6. The summed E-state index contributed by atoms with van der Waals surface area (Å²) < 4.78 is 0. The zero-order chi connectivity index (χ0) is 18.4. The van der Waals surface area contributed by atoms with Gasteiger partial charge in [-0.3, -0.25) is 0 Å². The molecule has 0 aromatic heterocycles. The molecule has 0 rings (SSSR count). The Balaban J connectivity index is 3.98. The third-order valence-electron chi connectivity index (χ3n) is 4.14. The summed E-state index contributed by atoms with van der Waals surface area (Å²) >= 11 is 0. The smallest absolute Gasteiger partial charge is 0.130 e. The van der Waals surface area contributed by atoms with E-state index in [0.717, 1.165) is 38.5 Å². The Morgan fingerprint density at radius 1 is 0.542 bits per heavy atom. The summed E-state index contributed by atoms with van der Waals surface area (Å²) in [5.41, 5.74) is 5.80. The first kappa shape index (κ1) is 22.6. The average molecular weight is 331 g/mol. The summed E-state index contributed by atoms with van der Waals surface area (Å²) in [4.78, 5) is 10.9. The second-order valence-electron chi connectivity index (χ2n) is 7.29. The first-order valence-corrected chi connectivity index (χ1v) is 9.41. The fourth-order valence-corrected chi connectivity index (χ4v) is 2.51. The van der Waals surface area contributed by atoms with Crippen LogP contribution in [0.5, 0.6) is 0 Å². The quantitative estimate of drug-likeness (QED) is 0.338. The fraction of sp³-hybridized carbons (Fsp3) is 0.609. The summed E-state index contributed by atoms with van der Waals surface area (Å²) in [6, 6.07) is 0. The van der Waals surface area contributed by atoms with Crippen LogP contribution in [0.4, 0.5) is 0 Å². The van der Waals surface area contributed by atoms with Gasteiger partial charge in [0.25, 0.3) is 0 Å². The van der Waals surface area contributed by atoms with Gasteiger partial charge in [-0.05, 0) is 86.5 Å². The lowest BCUT2D eigenvalue weighted by Crippen LogP contribution is -1.87. The molecule has 0 saturated heterocycles. The molecule has 0 aliphatic carbocycles. The zero-order valence-corrected chi connectivity index (χ0v) is 16.9. The van der Waals surface area contributed by atoms with E-state index in [1.165, 1.54) is 28.7 Å². The Kier molecular flexibility index (Phi) is 13.2. The van der Waals surface area contributed by atoms with Crippen molar-refractivity contribution in [3.8, 4) is 0 Å². The van der Waals surface area contributed by atoms with Crippen LogP contribution in [0, 0.1) is 0 Å². The lowest BCUT2D eigenvalue weighted by molar-refractivity contribution is -0.116. The maximum Gasteiger partial charge on any atom is 0.130 e. The number of allylic oxidation sites excluding steroid dienone is 8. The third-order valence-corrected chi connectivity index (χ3v) is 4.14. The van der Waals surface area contributed by atoms with E-state index in [1.54, 1.807) is 6.92 Å². The molecule has 0 unspecified atom stereocenters. The minimum atomic E-state index is 0.277. The molecule has 0 aliphatic heterocycles. The van der Waals surface area contributed by atoms with E-state index in [0.29, 0.717) is 6.42 Å². The van der Waals surface area contributed by atoms with Crippen molar-refractivity contribution in [2.24, 2.45) is 0 Å². The zero-order valence-electron chi connectivity index (χ0n) is 16.9. The molecule has 24 heavy (non-hydrogen) atoms. The van der Waals surface area contributed by atoms with E-state index in [4.69, 9.17) is 0 Å². The highest BCUT2D eigenvalue weighted by Crippen LogP contribution is 2.14. The molecule has 1 heteroatoms. The van der Waals surface area contributed by atoms with Crippen LogP contribution in [0.1, 0.15) is 92.9 Å². The van der Waals surface area contributed by atoms with Crippen molar-refractivity contribution in [1.29, 1.82) is 0 Å². The van der Waals surface area contributed by atoms with Gasteiger partial charge in [0.1, 0.15) is 5.78 Å². The molecule has 0 amide bonds. The maximum atomic E-state index is 10.9. The van der Waals surface area contributed by atoms with E-state index >= 15 is 0 Å². The number of rotatable bonds is 12. The van der Waals surface area contributed by atoms with Crippen LogP contribution in [-0.4, -0.2) is 5.78 Å². The molecule has 136 valence electrons. The molecule has 1 nitrogen and oxygen atoms in total. The number of Topliss-reactive ketones (excluding diaryl/α,β-unsaturated/α-hetero) is 1. The molecule has 0 spiro atoms. The number of carbonyl (C=O) groups is 1. The molecule has 0 fully saturated rings. The van der Waals surface area contributed by atoms with Gasteiger partial charge in [-0.25, -0.2) is 0 Å². The van der Waals surface area contributed by atoms with Gasteiger partial charge in [0, 0.05) is 6.42 Å². The molecule has 0 atom stereocenters. The minimum Gasteiger partial charge on any atom is -0.300 e. The predicted molar refractivity (Wildman–Crippen MR) is 108 cm³/mol. The van der Waals surface area contributed by atoms with Gasteiger partial charge < -0.3 is 4.79 Å². The van der Waals surface area contributed by atoms with Crippen LogP contribution >= 0.6 is 0 Å². The summed E-state index contributed by atoms with van der Waals surface area (Å²) in [5.74, 6) is 0.277. The summed E-state index contributed by atoms with van der Waals surface area (Å²) in [6.07, 6.45) is 17.7. The molecular weight excluding hydrogens is 292 g/mol. The summed E-state index contributed by atoms with van der Waals surface area (Å²) in [7, 11) is 0. The maximum absolute atomic E-state index is 10.9. The fourth-order valence-electron chi connectivity index (χ4n) is 2.51. The predicted octanol–water partition coefficient (Wildman–Crippen LogP) is 7.50. The number of hydrogen-bond acceptors (Lipinski definition) is 1. The topological polar surface area (TPSA) is 17.1 Å². The Morgan fingerprint density at radius 2 is 0.875 bits per heavy atom. The molecule has 0 N–H and O–H groups in total. The lowest BCUT2D eigenvalue weighted by atomic mass is 10.0. The lowest BCUT2D eigenvalue weighted by Gasteiger charge is -2.02. The highest BCUT2D eigenvalue weighted by molar-refractivity contribution is 5.75. The number of carbonyl (C=O) groups excluding carboxylic acids is 1. The van der Waals surface area contributed by atoms with E-state index in [-0.39, 0.29) is 5.78 Å². The van der Waals surface area contributed by atoms with Crippen molar-refractivity contribution < 1.29 is 4.79 Å². The number of hydrogen-bond donors (Lipinski definition) is 0. The highest BCUT2D eigenvalue weighted by atomic mass is 16.1. The van der Waals surface area contributed by atoms with Gasteiger partial charge in [0.2, 0.25) is 0 Å². The molecule has 0 aromatic rings. The Hall–Kier alpha value is -1.37. The normalized spacial score (nSPS) is 13.2. The Labute approximate surface area is 150 Å². The standard InChI is InChI=1S/C23H38O/c1-19(2)11-7-12-20(3)13-8-14-21(4)15-9-16-22(5)17-10-18-23(6)24/h11,13,15,17H,7-10,12,14,16,18H2,1-6H3/b20-13+,21-15+,22-17?. The van der Waals surface area contributed by atoms with Crippen molar-refractivity contribution in [2.75, 3.05) is 0 Å². The SMILES string of the molecule is CC(=O)CCC=C(C)CC/C=C(\C)CC/C=C(\C)CCC=C(C)C. The van der Waals surface area contributed by atoms with Crippen LogP contribution in [0.25, 0.3) is 0 Å². The first-order valence-electron chi connectivity index (χ1n) is 9.41. The van der Waals surface area contributed by atoms with Gasteiger partial charge in [0.05, 0.1) is 0 Å². The van der Waals surface area contributed by atoms with Crippen LogP contribution in [-0.2, 0) is 4.79 Å².